The molecular formula is C33H22N6. The van der Waals surface area contributed by atoms with Crippen LogP contribution >= 0.6 is 0 Å². The van der Waals surface area contributed by atoms with E-state index >= 15 is 0 Å². The zero-order valence-corrected chi connectivity index (χ0v) is 20.9. The van der Waals surface area contributed by atoms with E-state index in [1.807, 2.05) is 78.9 Å². The third kappa shape index (κ3) is 3.07. The van der Waals surface area contributed by atoms with Gasteiger partial charge in [0.25, 0.3) is 0 Å². The predicted octanol–water partition coefficient (Wildman–Crippen LogP) is 5.88. The Kier molecular flexibility index (Phi) is 5.26. The highest BCUT2D eigenvalue weighted by Crippen LogP contribution is 2.65. The predicted molar refractivity (Wildman–Crippen MR) is 148 cm³/mol. The van der Waals surface area contributed by atoms with E-state index in [0.29, 0.717) is 6.42 Å². The summed E-state index contributed by atoms with van der Waals surface area (Å²) in [6.07, 6.45) is 0.376. The van der Waals surface area contributed by atoms with Crippen LogP contribution in [0, 0.1) is 73.4 Å². The second-order valence-electron chi connectivity index (χ2n) is 10.4. The van der Waals surface area contributed by atoms with Gasteiger partial charge in [-0.15, -0.1) is 0 Å². The molecule has 3 aliphatic rings. The molecule has 6 heteroatoms. The average molecular weight is 503 g/mol. The van der Waals surface area contributed by atoms with Crippen molar-refractivity contribution in [3.63, 3.8) is 0 Å². The van der Waals surface area contributed by atoms with Gasteiger partial charge in [0.1, 0.15) is 5.41 Å². The number of nitrogens with one attached hydrogen (secondary N) is 1. The van der Waals surface area contributed by atoms with Crippen LogP contribution in [0.15, 0.2) is 96.2 Å². The zero-order valence-electron chi connectivity index (χ0n) is 20.9. The van der Waals surface area contributed by atoms with Crippen molar-refractivity contribution in [1.29, 1.82) is 26.5 Å². The lowest BCUT2D eigenvalue weighted by molar-refractivity contribution is 0.156. The normalized spacial score (nSPS) is 25.0. The van der Waals surface area contributed by atoms with E-state index in [1.165, 1.54) is 0 Å². The number of hydrogen-bond acceptors (Lipinski definition) is 6. The van der Waals surface area contributed by atoms with Gasteiger partial charge < -0.3 is 11.1 Å². The maximum Gasteiger partial charge on any atom is 0.190 e. The highest BCUT2D eigenvalue weighted by atomic mass is 14.8. The Morgan fingerprint density at radius 1 is 0.744 bits per heavy atom. The quantitative estimate of drug-likeness (QED) is 0.359. The van der Waals surface area contributed by atoms with E-state index in [4.69, 9.17) is 11.1 Å². The van der Waals surface area contributed by atoms with Crippen molar-refractivity contribution >= 4 is 27.3 Å². The summed E-state index contributed by atoms with van der Waals surface area (Å²) in [5, 5.41) is 55.0. The van der Waals surface area contributed by atoms with Crippen molar-refractivity contribution in [2.45, 2.75) is 12.3 Å². The smallest absolute Gasteiger partial charge is 0.190 e. The Morgan fingerprint density at radius 3 is 1.92 bits per heavy atom. The summed E-state index contributed by atoms with van der Waals surface area (Å²) in [4.78, 5) is 0. The average Bonchev–Trinajstić information content (AvgIpc) is 2.98. The van der Waals surface area contributed by atoms with Gasteiger partial charge >= 0.3 is 0 Å². The molecule has 0 saturated heterocycles. The van der Waals surface area contributed by atoms with Crippen LogP contribution in [0.3, 0.4) is 0 Å². The van der Waals surface area contributed by atoms with Crippen LogP contribution in [0.2, 0.25) is 0 Å². The van der Waals surface area contributed by atoms with Gasteiger partial charge in [-0.05, 0) is 45.0 Å². The summed E-state index contributed by atoms with van der Waals surface area (Å²) in [6.45, 7) is 0. The van der Waals surface area contributed by atoms with E-state index in [9.17, 15) is 21.0 Å². The number of fused-ring (bicyclic) bond motifs is 4. The first-order valence-corrected chi connectivity index (χ1v) is 12.6. The number of hydrogen-bond donors (Lipinski definition) is 2. The van der Waals surface area contributed by atoms with Gasteiger partial charge in [-0.25, -0.2) is 0 Å². The van der Waals surface area contributed by atoms with Gasteiger partial charge in [-0.3, -0.25) is 0 Å². The summed E-state index contributed by atoms with van der Waals surface area (Å²) in [5.41, 5.74) is 4.30. The van der Waals surface area contributed by atoms with Crippen LogP contribution in [0.4, 0.5) is 0 Å². The molecular weight excluding hydrogens is 480 g/mol. The van der Waals surface area contributed by atoms with Crippen molar-refractivity contribution in [2.24, 2.45) is 28.4 Å². The van der Waals surface area contributed by atoms with Crippen molar-refractivity contribution in [2.75, 3.05) is 0 Å². The van der Waals surface area contributed by atoms with Gasteiger partial charge in [-0.1, -0.05) is 84.9 Å². The molecule has 0 aromatic heterocycles. The summed E-state index contributed by atoms with van der Waals surface area (Å²) >= 11 is 0. The molecule has 0 amide bonds. The molecule has 4 aromatic carbocycles. The molecule has 2 bridgehead atoms. The van der Waals surface area contributed by atoms with Crippen LogP contribution < -0.4 is 5.73 Å². The Labute approximate surface area is 225 Å². The van der Waals surface area contributed by atoms with Crippen LogP contribution in [0.1, 0.15) is 17.0 Å². The SMILES string of the molecule is N#CC1=C(N)C2(C#N)C(=N)C(C#N)(C#N)C1C(c1ccc3ccccc3c1)C2Cc1ccc2ccccc2c1. The molecule has 6 nitrogen and oxygen atoms in total. The van der Waals surface area contributed by atoms with Crippen molar-refractivity contribution in [3.8, 4) is 24.3 Å². The molecule has 4 unspecified atom stereocenters. The van der Waals surface area contributed by atoms with E-state index in [1.54, 1.807) is 0 Å². The molecule has 3 N–H and O–H groups in total. The molecule has 4 aromatic rings. The van der Waals surface area contributed by atoms with Crippen LogP contribution in [-0.4, -0.2) is 5.71 Å². The van der Waals surface area contributed by atoms with Crippen molar-refractivity contribution in [1.82, 2.24) is 0 Å². The standard InChI is InChI=1S/C33H22N6/c34-16-26-29-28(25-12-11-22-6-2-4-8-24(22)15-25)27(14-20-9-10-21-5-1-3-7-23(21)13-20)33(19-37,30(26)38)31(39)32(29,17-35)18-36/h1-13,15,27-29,39H,14,38H2. The maximum atomic E-state index is 10.8. The van der Waals surface area contributed by atoms with Crippen molar-refractivity contribution in [3.05, 3.63) is 107 Å². The number of nitrogens with zero attached hydrogens (tertiary/aromatic N) is 4. The first kappa shape index (κ1) is 23.9. The lowest BCUT2D eigenvalue weighted by Crippen LogP contribution is -2.64. The molecule has 3 aliphatic carbocycles. The molecule has 0 spiro atoms. The van der Waals surface area contributed by atoms with Gasteiger partial charge in [0.15, 0.2) is 5.41 Å². The highest BCUT2D eigenvalue weighted by Gasteiger charge is 2.71. The number of nitriles is 4. The number of rotatable bonds is 3. The second kappa shape index (κ2) is 8.56. The molecule has 0 heterocycles. The van der Waals surface area contributed by atoms with Crippen LogP contribution in [-0.2, 0) is 6.42 Å². The van der Waals surface area contributed by atoms with Crippen molar-refractivity contribution < 1.29 is 0 Å². The highest BCUT2D eigenvalue weighted by molar-refractivity contribution is 6.05. The fraction of sp³-hybridized carbons (Fsp3) is 0.182. The van der Waals surface area contributed by atoms with E-state index in [0.717, 1.165) is 32.7 Å². The number of allylic oxidation sites excluding steroid dienone is 2. The largest absolute Gasteiger partial charge is 0.400 e. The summed E-state index contributed by atoms with van der Waals surface area (Å²) in [7, 11) is 0. The Morgan fingerprint density at radius 2 is 1.33 bits per heavy atom. The van der Waals surface area contributed by atoms with Gasteiger partial charge in [0, 0.05) is 17.5 Å². The van der Waals surface area contributed by atoms with Crippen LogP contribution in [0.25, 0.3) is 21.5 Å². The monoisotopic (exact) mass is 502 g/mol. The van der Waals surface area contributed by atoms with E-state index in [2.05, 4.69) is 30.3 Å². The molecule has 1 saturated carbocycles. The number of benzene rings is 4. The molecule has 0 aliphatic heterocycles. The molecule has 184 valence electrons. The third-order valence-corrected chi connectivity index (χ3v) is 8.71. The van der Waals surface area contributed by atoms with E-state index < -0.39 is 28.6 Å². The maximum absolute atomic E-state index is 10.8. The minimum absolute atomic E-state index is 0.00791. The van der Waals surface area contributed by atoms with Gasteiger partial charge in [0.2, 0.25) is 0 Å². The minimum atomic E-state index is -1.99. The lowest BCUT2D eigenvalue weighted by atomic mass is 9.40. The van der Waals surface area contributed by atoms with Crippen LogP contribution in [0.5, 0.6) is 0 Å². The summed E-state index contributed by atoms with van der Waals surface area (Å²) in [5.74, 6) is -2.13. The molecule has 39 heavy (non-hydrogen) atoms. The zero-order chi connectivity index (χ0) is 27.4. The molecule has 1 fully saturated rings. The Hall–Kier alpha value is -5.43. The second-order valence-corrected chi connectivity index (χ2v) is 10.4. The summed E-state index contributed by atoms with van der Waals surface area (Å²) in [6, 6.07) is 36.4. The number of nitrogens with two attached hydrogens (primary N) is 1. The first-order chi connectivity index (χ1) is 18.9. The fourth-order valence-electron chi connectivity index (χ4n) is 6.88. The molecule has 7 rings (SSSR count). The van der Waals surface area contributed by atoms with Gasteiger partial charge in [-0.2, -0.15) is 21.0 Å². The third-order valence-electron chi connectivity index (χ3n) is 8.71. The Bertz CT molecular complexity index is 1890. The molecule has 4 atom stereocenters. The minimum Gasteiger partial charge on any atom is -0.400 e. The fourth-order valence-corrected chi connectivity index (χ4v) is 6.88. The Balaban J connectivity index is 1.64. The topological polar surface area (TPSA) is 145 Å². The lowest BCUT2D eigenvalue weighted by Gasteiger charge is -2.57. The summed E-state index contributed by atoms with van der Waals surface area (Å²) < 4.78 is 0. The first-order valence-electron chi connectivity index (χ1n) is 12.6. The van der Waals surface area contributed by atoms with Gasteiger partial charge in [0.05, 0.1) is 35.6 Å². The van der Waals surface area contributed by atoms with E-state index in [-0.39, 0.29) is 17.0 Å². The molecule has 0 radical (unpaired) electrons.